The highest BCUT2D eigenvalue weighted by molar-refractivity contribution is 6.30. The van der Waals surface area contributed by atoms with E-state index >= 15 is 0 Å². The first-order chi connectivity index (χ1) is 12.6. The Morgan fingerprint density at radius 3 is 2.46 bits per heavy atom. The largest absolute Gasteiger partial charge is 0.465 e. The smallest absolute Gasteiger partial charge is 0.337 e. The van der Waals surface area contributed by atoms with Crippen LogP contribution in [0.2, 0.25) is 5.02 Å². The molecule has 2 heterocycles. The van der Waals surface area contributed by atoms with E-state index in [-0.39, 0.29) is 18.0 Å². The molecule has 26 heavy (non-hydrogen) atoms. The molecule has 8 heteroatoms. The monoisotopic (exact) mass is 375 g/mol. The minimum atomic E-state index is -0.432. The zero-order valence-corrected chi connectivity index (χ0v) is 15.0. The number of carbonyl (C=O) groups excluding carboxylic acids is 2. The number of halogens is 1. The predicted octanol–water partition coefficient (Wildman–Crippen LogP) is 2.60. The molecule has 0 N–H and O–H groups in total. The van der Waals surface area contributed by atoms with Crippen LogP contribution in [0.4, 0.5) is 0 Å². The van der Waals surface area contributed by atoms with Crippen molar-refractivity contribution in [2.75, 3.05) is 20.2 Å². The maximum absolute atomic E-state index is 12.7. The van der Waals surface area contributed by atoms with Crippen molar-refractivity contribution in [3.63, 3.8) is 0 Å². The first kappa shape index (κ1) is 18.1. The minimum absolute atomic E-state index is 0.105. The quantitative estimate of drug-likeness (QED) is 0.764. The molecule has 0 radical (unpaired) electrons. The summed E-state index contributed by atoms with van der Waals surface area (Å²) >= 11 is 5.76. The minimum Gasteiger partial charge on any atom is -0.465 e. The molecule has 1 aliphatic rings. The van der Waals surface area contributed by atoms with Gasteiger partial charge in [-0.25, -0.2) is 14.8 Å². The second-order valence-electron chi connectivity index (χ2n) is 5.89. The lowest BCUT2D eigenvalue weighted by molar-refractivity contribution is 0.0515. The molecule has 1 atom stereocenters. The van der Waals surface area contributed by atoms with Crippen LogP contribution >= 0.6 is 11.6 Å². The summed E-state index contributed by atoms with van der Waals surface area (Å²) in [4.78, 5) is 34.0. The number of esters is 1. The number of benzene rings is 1. The maximum Gasteiger partial charge on any atom is 0.337 e. The van der Waals surface area contributed by atoms with Crippen molar-refractivity contribution < 1.29 is 19.1 Å². The van der Waals surface area contributed by atoms with Gasteiger partial charge in [-0.15, -0.1) is 0 Å². The van der Waals surface area contributed by atoms with E-state index in [0.717, 1.165) is 12.8 Å². The van der Waals surface area contributed by atoms with Crippen molar-refractivity contribution in [3.8, 4) is 6.01 Å². The molecule has 1 fully saturated rings. The molecule has 1 aromatic heterocycles. The van der Waals surface area contributed by atoms with Crippen molar-refractivity contribution >= 4 is 23.5 Å². The molecule has 3 rings (SSSR count). The van der Waals surface area contributed by atoms with E-state index in [2.05, 4.69) is 14.7 Å². The van der Waals surface area contributed by atoms with Gasteiger partial charge in [0.1, 0.15) is 6.10 Å². The van der Waals surface area contributed by atoms with E-state index in [0.29, 0.717) is 29.2 Å². The lowest BCUT2D eigenvalue weighted by Crippen LogP contribution is -2.44. The Bertz CT molecular complexity index is 780. The van der Waals surface area contributed by atoms with Crippen LogP contribution in [0.5, 0.6) is 6.01 Å². The van der Waals surface area contributed by atoms with Gasteiger partial charge in [0.05, 0.1) is 36.6 Å². The lowest BCUT2D eigenvalue weighted by Gasteiger charge is -2.32. The first-order valence-electron chi connectivity index (χ1n) is 8.18. The van der Waals surface area contributed by atoms with Gasteiger partial charge in [0, 0.05) is 12.1 Å². The molecule has 136 valence electrons. The maximum atomic E-state index is 12.7. The van der Waals surface area contributed by atoms with Crippen LogP contribution in [0.15, 0.2) is 36.7 Å². The zero-order chi connectivity index (χ0) is 18.5. The van der Waals surface area contributed by atoms with Crippen molar-refractivity contribution in [2.45, 2.75) is 18.9 Å². The SMILES string of the molecule is COC(=O)c1ccc(C(=O)N2CCCC(Oc3ncc(Cl)cn3)C2)cc1. The number of hydrogen-bond donors (Lipinski definition) is 0. The Morgan fingerprint density at radius 2 is 1.81 bits per heavy atom. The molecule has 1 aliphatic heterocycles. The van der Waals surface area contributed by atoms with Crippen molar-refractivity contribution in [2.24, 2.45) is 0 Å². The second-order valence-corrected chi connectivity index (χ2v) is 6.32. The van der Waals surface area contributed by atoms with E-state index in [1.54, 1.807) is 29.2 Å². The lowest BCUT2D eigenvalue weighted by atomic mass is 10.1. The van der Waals surface area contributed by atoms with E-state index in [1.807, 2.05) is 0 Å². The van der Waals surface area contributed by atoms with E-state index in [1.165, 1.54) is 19.5 Å². The molecule has 0 bridgehead atoms. The Balaban J connectivity index is 1.64. The first-order valence-corrected chi connectivity index (χ1v) is 8.56. The van der Waals surface area contributed by atoms with Crippen LogP contribution < -0.4 is 4.74 Å². The average Bonchev–Trinajstić information content (AvgIpc) is 2.69. The van der Waals surface area contributed by atoms with Crippen LogP contribution in [-0.2, 0) is 4.74 Å². The predicted molar refractivity (Wildman–Crippen MR) is 94.4 cm³/mol. The second kappa shape index (κ2) is 8.14. The Kier molecular flexibility index (Phi) is 5.68. The normalized spacial score (nSPS) is 16.8. The number of rotatable bonds is 4. The number of nitrogens with zero attached hydrogens (tertiary/aromatic N) is 3. The molecule has 7 nitrogen and oxygen atoms in total. The van der Waals surface area contributed by atoms with Crippen LogP contribution in [0.3, 0.4) is 0 Å². The molecule has 1 unspecified atom stereocenters. The van der Waals surface area contributed by atoms with Gasteiger partial charge in [0.25, 0.3) is 5.91 Å². The van der Waals surface area contributed by atoms with Crippen LogP contribution in [0, 0.1) is 0 Å². The summed E-state index contributed by atoms with van der Waals surface area (Å²) < 4.78 is 10.4. The van der Waals surface area contributed by atoms with Gasteiger partial charge in [0.2, 0.25) is 0 Å². The molecule has 1 amide bonds. The Labute approximate surface area is 155 Å². The summed E-state index contributed by atoms with van der Waals surface area (Å²) in [5.74, 6) is -0.537. The number of ether oxygens (including phenoxy) is 2. The van der Waals surface area contributed by atoms with E-state index < -0.39 is 5.97 Å². The molecule has 0 spiro atoms. The molecule has 1 aromatic carbocycles. The third-order valence-electron chi connectivity index (χ3n) is 4.09. The molecular weight excluding hydrogens is 358 g/mol. The summed E-state index contributed by atoms with van der Waals surface area (Å²) in [6.07, 6.45) is 4.40. The van der Waals surface area contributed by atoms with Crippen LogP contribution in [-0.4, -0.2) is 53.0 Å². The van der Waals surface area contributed by atoms with Gasteiger partial charge >= 0.3 is 12.0 Å². The Hall–Kier alpha value is -2.67. The number of methoxy groups -OCH3 is 1. The number of aromatic nitrogens is 2. The van der Waals surface area contributed by atoms with Gasteiger partial charge in [-0.3, -0.25) is 4.79 Å². The molecule has 1 saturated heterocycles. The molecule has 2 aromatic rings. The summed E-state index contributed by atoms with van der Waals surface area (Å²) in [5.41, 5.74) is 0.921. The topological polar surface area (TPSA) is 81.6 Å². The summed E-state index contributed by atoms with van der Waals surface area (Å²) in [7, 11) is 1.32. The van der Waals surface area contributed by atoms with Crippen LogP contribution in [0.25, 0.3) is 0 Å². The molecular formula is C18H18ClN3O4. The van der Waals surface area contributed by atoms with Gasteiger partial charge in [-0.05, 0) is 37.1 Å². The van der Waals surface area contributed by atoms with Gasteiger partial charge in [0.15, 0.2) is 0 Å². The Morgan fingerprint density at radius 1 is 1.15 bits per heavy atom. The highest BCUT2D eigenvalue weighted by Gasteiger charge is 2.26. The number of amides is 1. The van der Waals surface area contributed by atoms with E-state index in [4.69, 9.17) is 16.3 Å². The van der Waals surface area contributed by atoms with Gasteiger partial charge < -0.3 is 14.4 Å². The standard InChI is InChI=1S/C18H18ClN3O4/c1-25-17(24)13-6-4-12(5-7-13)16(23)22-8-2-3-15(11-22)26-18-20-9-14(19)10-21-18/h4-7,9-10,15H,2-3,8,11H2,1H3. The average molecular weight is 376 g/mol. The highest BCUT2D eigenvalue weighted by Crippen LogP contribution is 2.18. The van der Waals surface area contributed by atoms with Crippen LogP contribution in [0.1, 0.15) is 33.6 Å². The fraction of sp³-hybridized carbons (Fsp3) is 0.333. The number of likely N-dealkylation sites (tertiary alicyclic amines) is 1. The fourth-order valence-corrected chi connectivity index (χ4v) is 2.88. The summed E-state index contributed by atoms with van der Waals surface area (Å²) in [5, 5.41) is 0.438. The van der Waals surface area contributed by atoms with Gasteiger partial charge in [-0.1, -0.05) is 11.6 Å². The number of piperidine rings is 1. The summed E-state index contributed by atoms with van der Waals surface area (Å²) in [6.45, 7) is 1.10. The number of hydrogen-bond acceptors (Lipinski definition) is 6. The summed E-state index contributed by atoms with van der Waals surface area (Å²) in [6, 6.07) is 6.66. The van der Waals surface area contributed by atoms with Crippen molar-refractivity contribution in [3.05, 3.63) is 52.8 Å². The van der Waals surface area contributed by atoms with Crippen molar-refractivity contribution in [1.82, 2.24) is 14.9 Å². The van der Waals surface area contributed by atoms with Gasteiger partial charge in [-0.2, -0.15) is 0 Å². The molecule has 0 aliphatic carbocycles. The third kappa shape index (κ3) is 4.29. The van der Waals surface area contributed by atoms with E-state index in [9.17, 15) is 9.59 Å². The van der Waals surface area contributed by atoms with Crippen molar-refractivity contribution in [1.29, 1.82) is 0 Å². The molecule has 0 saturated carbocycles. The highest BCUT2D eigenvalue weighted by atomic mass is 35.5. The third-order valence-corrected chi connectivity index (χ3v) is 4.28. The zero-order valence-electron chi connectivity index (χ0n) is 14.2. The number of carbonyl (C=O) groups is 2. The fourth-order valence-electron chi connectivity index (χ4n) is 2.78.